The van der Waals surface area contributed by atoms with E-state index in [2.05, 4.69) is 72.8 Å². The summed E-state index contributed by atoms with van der Waals surface area (Å²) < 4.78 is 17.9. The Morgan fingerprint density at radius 1 is 0.595 bits per heavy atom. The third-order valence-corrected chi connectivity index (χ3v) is 6.13. The Morgan fingerprint density at radius 3 is 1.49 bits per heavy atom. The average Bonchev–Trinajstić information content (AvgIpc) is 2.90. The van der Waals surface area contributed by atoms with E-state index in [1.807, 2.05) is 39.0 Å². The third-order valence-electron chi connectivity index (χ3n) is 6.13. The molecule has 0 radical (unpaired) electrons. The number of hydrogen-bond acceptors (Lipinski definition) is 4. The van der Waals surface area contributed by atoms with Crippen molar-refractivity contribution in [2.75, 3.05) is 19.8 Å². The SMILES string of the molecule is CC(C)(C)OC(=O)CCCCOCCCCCOC(c1ccccc1)(c1ccccc1)c1ccccc1. The van der Waals surface area contributed by atoms with Gasteiger partial charge in [0, 0.05) is 26.2 Å². The van der Waals surface area contributed by atoms with Crippen LogP contribution >= 0.6 is 0 Å². The highest BCUT2D eigenvalue weighted by atomic mass is 16.6. The van der Waals surface area contributed by atoms with Gasteiger partial charge in [0.1, 0.15) is 11.2 Å². The molecule has 3 rings (SSSR count). The first kappa shape index (κ1) is 28.6. The Bertz CT molecular complexity index is 930. The van der Waals surface area contributed by atoms with Gasteiger partial charge in [-0.1, -0.05) is 91.0 Å². The number of rotatable bonds is 15. The summed E-state index contributed by atoms with van der Waals surface area (Å²) in [6.45, 7) is 7.73. The highest BCUT2D eigenvalue weighted by Crippen LogP contribution is 2.40. The zero-order valence-corrected chi connectivity index (χ0v) is 22.7. The van der Waals surface area contributed by atoms with E-state index in [0.29, 0.717) is 19.6 Å². The van der Waals surface area contributed by atoms with Gasteiger partial charge in [-0.15, -0.1) is 0 Å². The van der Waals surface area contributed by atoms with E-state index in [-0.39, 0.29) is 5.97 Å². The van der Waals surface area contributed by atoms with Gasteiger partial charge in [-0.05, 0) is 69.6 Å². The van der Waals surface area contributed by atoms with E-state index in [0.717, 1.165) is 55.4 Å². The second-order valence-corrected chi connectivity index (χ2v) is 10.3. The molecule has 0 heterocycles. The molecule has 0 aliphatic heterocycles. The van der Waals surface area contributed by atoms with E-state index in [4.69, 9.17) is 14.2 Å². The lowest BCUT2D eigenvalue weighted by Crippen LogP contribution is -2.33. The fourth-order valence-corrected chi connectivity index (χ4v) is 4.44. The van der Waals surface area contributed by atoms with Gasteiger partial charge in [-0.2, -0.15) is 0 Å². The number of esters is 1. The summed E-state index contributed by atoms with van der Waals surface area (Å²) in [6, 6.07) is 31.5. The third kappa shape index (κ3) is 9.14. The highest BCUT2D eigenvalue weighted by Gasteiger charge is 2.37. The summed E-state index contributed by atoms with van der Waals surface area (Å²) >= 11 is 0. The zero-order chi connectivity index (χ0) is 26.4. The van der Waals surface area contributed by atoms with Crippen molar-refractivity contribution in [2.45, 2.75) is 70.5 Å². The molecule has 198 valence electrons. The number of carbonyl (C=O) groups is 1. The van der Waals surface area contributed by atoms with Crippen molar-refractivity contribution in [3.05, 3.63) is 108 Å². The topological polar surface area (TPSA) is 44.8 Å². The molecule has 4 nitrogen and oxygen atoms in total. The van der Waals surface area contributed by atoms with Crippen molar-refractivity contribution in [3.63, 3.8) is 0 Å². The standard InChI is InChI=1S/C33H42O4/c1-32(2,3)37-31(34)24-14-17-26-35-25-15-7-16-27-36-33(28-18-8-4-9-19-28,29-20-10-5-11-21-29)30-22-12-6-13-23-30/h4-6,8-13,18-23H,7,14-17,24-27H2,1-3H3. The molecule has 37 heavy (non-hydrogen) atoms. The normalized spacial score (nSPS) is 11.9. The number of benzene rings is 3. The van der Waals surface area contributed by atoms with E-state index in [1.54, 1.807) is 0 Å². The summed E-state index contributed by atoms with van der Waals surface area (Å²) in [6.07, 6.45) is 5.09. The van der Waals surface area contributed by atoms with Gasteiger partial charge in [0.2, 0.25) is 0 Å². The van der Waals surface area contributed by atoms with Crippen molar-refractivity contribution in [2.24, 2.45) is 0 Å². The molecule has 3 aromatic rings. The molecule has 0 aliphatic carbocycles. The molecule has 0 fully saturated rings. The molecule has 0 aliphatic rings. The lowest BCUT2D eigenvalue weighted by Gasteiger charge is -2.36. The first-order valence-corrected chi connectivity index (χ1v) is 13.5. The second kappa shape index (κ2) is 14.7. The van der Waals surface area contributed by atoms with Crippen molar-refractivity contribution in [1.29, 1.82) is 0 Å². The van der Waals surface area contributed by atoms with Crippen LogP contribution in [0.15, 0.2) is 91.0 Å². The Kier molecular flexibility index (Phi) is 11.4. The van der Waals surface area contributed by atoms with Gasteiger partial charge in [-0.25, -0.2) is 0 Å². The second-order valence-electron chi connectivity index (χ2n) is 10.3. The van der Waals surface area contributed by atoms with Gasteiger partial charge in [0.05, 0.1) is 0 Å². The first-order valence-electron chi connectivity index (χ1n) is 13.5. The van der Waals surface area contributed by atoms with E-state index in [9.17, 15) is 4.79 Å². The molecule has 4 heteroatoms. The molecular formula is C33H42O4. The smallest absolute Gasteiger partial charge is 0.306 e. The van der Waals surface area contributed by atoms with Crippen LogP contribution in [-0.4, -0.2) is 31.4 Å². The molecular weight excluding hydrogens is 460 g/mol. The van der Waals surface area contributed by atoms with Crippen molar-refractivity contribution < 1.29 is 19.0 Å². The molecule has 0 unspecified atom stereocenters. The Labute approximate surface area is 223 Å². The van der Waals surface area contributed by atoms with Crippen LogP contribution < -0.4 is 0 Å². The highest BCUT2D eigenvalue weighted by molar-refractivity contribution is 5.69. The van der Waals surface area contributed by atoms with Crippen LogP contribution in [0.2, 0.25) is 0 Å². The van der Waals surface area contributed by atoms with Crippen LogP contribution in [0.3, 0.4) is 0 Å². The predicted octanol–water partition coefficient (Wildman–Crippen LogP) is 7.69. The maximum Gasteiger partial charge on any atom is 0.306 e. The van der Waals surface area contributed by atoms with Crippen molar-refractivity contribution in [3.8, 4) is 0 Å². The van der Waals surface area contributed by atoms with Gasteiger partial charge in [-0.3, -0.25) is 4.79 Å². The Hall–Kier alpha value is -2.95. The molecule has 3 aromatic carbocycles. The predicted molar refractivity (Wildman–Crippen MR) is 150 cm³/mol. The minimum absolute atomic E-state index is 0.134. The molecule has 0 amide bonds. The van der Waals surface area contributed by atoms with Gasteiger partial charge >= 0.3 is 5.97 Å². The molecule has 0 spiro atoms. The van der Waals surface area contributed by atoms with Gasteiger partial charge in [0.25, 0.3) is 0 Å². The minimum atomic E-state index is -0.658. The van der Waals surface area contributed by atoms with Crippen molar-refractivity contribution >= 4 is 5.97 Å². The van der Waals surface area contributed by atoms with Crippen LogP contribution in [-0.2, 0) is 24.6 Å². The van der Waals surface area contributed by atoms with Crippen LogP contribution in [0.1, 0.15) is 76.0 Å². The first-order chi connectivity index (χ1) is 17.9. The number of carbonyl (C=O) groups excluding carboxylic acids is 1. The fourth-order valence-electron chi connectivity index (χ4n) is 4.44. The lowest BCUT2D eigenvalue weighted by molar-refractivity contribution is -0.154. The number of ether oxygens (including phenoxy) is 3. The molecule has 0 saturated heterocycles. The summed E-state index contributed by atoms with van der Waals surface area (Å²) in [5.41, 5.74) is 2.31. The average molecular weight is 503 g/mol. The number of unbranched alkanes of at least 4 members (excludes halogenated alkanes) is 3. The molecule has 0 saturated carbocycles. The molecule has 0 bridgehead atoms. The largest absolute Gasteiger partial charge is 0.460 e. The maximum atomic E-state index is 11.8. The van der Waals surface area contributed by atoms with Crippen LogP contribution in [0.25, 0.3) is 0 Å². The molecule has 0 atom stereocenters. The fraction of sp³-hybridized carbons (Fsp3) is 0.424. The molecule has 0 N–H and O–H groups in total. The van der Waals surface area contributed by atoms with Crippen molar-refractivity contribution in [1.82, 2.24) is 0 Å². The van der Waals surface area contributed by atoms with Crippen LogP contribution in [0, 0.1) is 0 Å². The minimum Gasteiger partial charge on any atom is -0.460 e. The summed E-state index contributed by atoms with van der Waals surface area (Å²) in [7, 11) is 0. The Balaban J connectivity index is 1.47. The monoisotopic (exact) mass is 502 g/mol. The quantitative estimate of drug-likeness (QED) is 0.121. The zero-order valence-electron chi connectivity index (χ0n) is 22.7. The molecule has 0 aromatic heterocycles. The van der Waals surface area contributed by atoms with Crippen LogP contribution in [0.4, 0.5) is 0 Å². The van der Waals surface area contributed by atoms with E-state index >= 15 is 0 Å². The summed E-state index contributed by atoms with van der Waals surface area (Å²) in [5.74, 6) is -0.134. The van der Waals surface area contributed by atoms with Gasteiger partial charge < -0.3 is 14.2 Å². The van der Waals surface area contributed by atoms with E-state index < -0.39 is 11.2 Å². The lowest BCUT2D eigenvalue weighted by atomic mass is 9.80. The number of hydrogen-bond donors (Lipinski definition) is 0. The summed E-state index contributed by atoms with van der Waals surface area (Å²) in [4.78, 5) is 11.8. The van der Waals surface area contributed by atoms with Crippen LogP contribution in [0.5, 0.6) is 0 Å². The summed E-state index contributed by atoms with van der Waals surface area (Å²) in [5, 5.41) is 0. The maximum absolute atomic E-state index is 11.8. The van der Waals surface area contributed by atoms with Gasteiger partial charge in [0.15, 0.2) is 0 Å². The Morgan fingerprint density at radius 2 is 1.03 bits per heavy atom. The van der Waals surface area contributed by atoms with E-state index in [1.165, 1.54) is 0 Å².